The summed E-state index contributed by atoms with van der Waals surface area (Å²) in [4.78, 5) is 0. The number of phenols is 1. The number of aliphatic hydroxyl groups is 1. The summed E-state index contributed by atoms with van der Waals surface area (Å²) < 4.78 is 0. The fourth-order valence-electron chi connectivity index (χ4n) is 2.17. The first kappa shape index (κ1) is 14.6. The van der Waals surface area contributed by atoms with E-state index in [1.807, 2.05) is 24.3 Å². The molecule has 0 saturated carbocycles. The molecule has 0 amide bonds. The molecule has 0 heterocycles. The van der Waals surface area contributed by atoms with Crippen LogP contribution in [-0.2, 0) is 13.0 Å². The number of phenolic OH excluding ortho intramolecular Hbond substituents is 1. The highest BCUT2D eigenvalue weighted by atomic mass is 16.3. The maximum absolute atomic E-state index is 9.73. The molecule has 1 unspecified atom stereocenters. The van der Waals surface area contributed by atoms with Crippen LogP contribution in [0.25, 0.3) is 0 Å². The minimum Gasteiger partial charge on any atom is -0.508 e. The number of aliphatic hydroxyl groups excluding tert-OH is 1. The van der Waals surface area contributed by atoms with Crippen molar-refractivity contribution in [1.29, 1.82) is 0 Å². The molecule has 1 atom stereocenters. The zero-order valence-electron chi connectivity index (χ0n) is 11.7. The fourth-order valence-corrected chi connectivity index (χ4v) is 2.17. The molecule has 0 aliphatic carbocycles. The van der Waals surface area contributed by atoms with Crippen LogP contribution in [-0.4, -0.2) is 16.8 Å². The van der Waals surface area contributed by atoms with Crippen LogP contribution in [0.15, 0.2) is 48.5 Å². The van der Waals surface area contributed by atoms with E-state index >= 15 is 0 Å². The van der Waals surface area contributed by atoms with E-state index in [4.69, 9.17) is 0 Å². The molecule has 0 aromatic heterocycles. The van der Waals surface area contributed by atoms with Gasteiger partial charge in [0.1, 0.15) is 5.75 Å². The van der Waals surface area contributed by atoms with Gasteiger partial charge in [0.15, 0.2) is 0 Å². The zero-order chi connectivity index (χ0) is 14.4. The Bertz CT molecular complexity index is 537. The van der Waals surface area contributed by atoms with Crippen molar-refractivity contribution in [2.75, 3.05) is 6.61 Å². The number of aryl methyl sites for hydroxylation is 1. The lowest BCUT2D eigenvalue weighted by atomic mass is 10.0. The van der Waals surface area contributed by atoms with Crippen molar-refractivity contribution in [3.63, 3.8) is 0 Å². The minimum atomic E-state index is -0.125. The predicted octanol–water partition coefficient (Wildman–Crippen LogP) is 2.78. The van der Waals surface area contributed by atoms with Crippen molar-refractivity contribution in [3.8, 4) is 5.75 Å². The van der Waals surface area contributed by atoms with Gasteiger partial charge in [-0.25, -0.2) is 0 Å². The molecule has 3 nitrogen and oxygen atoms in total. The fraction of sp³-hybridized carbons (Fsp3) is 0.294. The molecule has 0 spiro atoms. The maximum Gasteiger partial charge on any atom is 0.120 e. The number of rotatable bonds is 6. The topological polar surface area (TPSA) is 52.5 Å². The highest BCUT2D eigenvalue weighted by Crippen LogP contribution is 2.18. The molecule has 0 radical (unpaired) electrons. The first-order valence-corrected chi connectivity index (χ1v) is 6.94. The Morgan fingerprint density at radius 1 is 1.05 bits per heavy atom. The van der Waals surface area contributed by atoms with Gasteiger partial charge in [-0.2, -0.15) is 0 Å². The molecule has 3 heteroatoms. The Balaban J connectivity index is 2.03. The number of aromatic hydroxyl groups is 1. The average Bonchev–Trinajstić information content (AvgIpc) is 2.50. The highest BCUT2D eigenvalue weighted by molar-refractivity contribution is 5.32. The first-order chi connectivity index (χ1) is 9.74. The summed E-state index contributed by atoms with van der Waals surface area (Å²) in [7, 11) is 0. The minimum absolute atomic E-state index is 0.0269. The molecular weight excluding hydrogens is 250 g/mol. The maximum atomic E-state index is 9.73. The monoisotopic (exact) mass is 271 g/mol. The molecule has 0 saturated heterocycles. The van der Waals surface area contributed by atoms with Crippen LogP contribution in [0.5, 0.6) is 5.75 Å². The zero-order valence-corrected chi connectivity index (χ0v) is 11.7. The number of hydrogen-bond acceptors (Lipinski definition) is 3. The molecule has 20 heavy (non-hydrogen) atoms. The van der Waals surface area contributed by atoms with Crippen LogP contribution >= 0.6 is 0 Å². The molecule has 2 aromatic carbocycles. The molecule has 2 rings (SSSR count). The van der Waals surface area contributed by atoms with Crippen molar-refractivity contribution in [2.45, 2.75) is 25.9 Å². The Hall–Kier alpha value is -1.84. The average molecular weight is 271 g/mol. The van der Waals surface area contributed by atoms with E-state index in [-0.39, 0.29) is 18.4 Å². The molecule has 0 fully saturated rings. The summed E-state index contributed by atoms with van der Waals surface area (Å²) >= 11 is 0. The molecular formula is C17H21NO2. The summed E-state index contributed by atoms with van der Waals surface area (Å²) in [5.41, 5.74) is 3.17. The van der Waals surface area contributed by atoms with Gasteiger partial charge in [-0.15, -0.1) is 0 Å². The second-order valence-electron chi connectivity index (χ2n) is 4.84. The Morgan fingerprint density at radius 3 is 2.35 bits per heavy atom. The van der Waals surface area contributed by atoms with Gasteiger partial charge in [-0.3, -0.25) is 0 Å². The van der Waals surface area contributed by atoms with Crippen LogP contribution in [0, 0.1) is 0 Å². The van der Waals surface area contributed by atoms with Crippen molar-refractivity contribution >= 4 is 0 Å². The summed E-state index contributed by atoms with van der Waals surface area (Å²) in [6, 6.07) is 15.3. The molecule has 106 valence electrons. The van der Waals surface area contributed by atoms with E-state index < -0.39 is 0 Å². The van der Waals surface area contributed by atoms with Gasteiger partial charge in [0.25, 0.3) is 0 Å². The van der Waals surface area contributed by atoms with Gasteiger partial charge in [0.05, 0.1) is 12.6 Å². The third-order valence-corrected chi connectivity index (χ3v) is 3.50. The third-order valence-electron chi connectivity index (χ3n) is 3.50. The SMILES string of the molecule is CCc1ccc(C(CO)NCc2ccccc2O)cc1. The van der Waals surface area contributed by atoms with E-state index in [1.165, 1.54) is 5.56 Å². The van der Waals surface area contributed by atoms with Crippen LogP contribution in [0.3, 0.4) is 0 Å². The van der Waals surface area contributed by atoms with Gasteiger partial charge in [-0.05, 0) is 23.6 Å². The van der Waals surface area contributed by atoms with Crippen LogP contribution in [0.1, 0.15) is 29.7 Å². The lowest BCUT2D eigenvalue weighted by Crippen LogP contribution is -2.24. The molecule has 3 N–H and O–H groups in total. The van der Waals surface area contributed by atoms with E-state index in [1.54, 1.807) is 12.1 Å². The lowest BCUT2D eigenvalue weighted by molar-refractivity contribution is 0.243. The van der Waals surface area contributed by atoms with E-state index in [9.17, 15) is 10.2 Å². The number of para-hydroxylation sites is 1. The number of hydrogen-bond donors (Lipinski definition) is 3. The van der Waals surface area contributed by atoms with Gasteiger partial charge >= 0.3 is 0 Å². The second-order valence-corrected chi connectivity index (χ2v) is 4.84. The van der Waals surface area contributed by atoms with E-state index in [0.717, 1.165) is 17.5 Å². The summed E-state index contributed by atoms with van der Waals surface area (Å²) in [6.07, 6.45) is 1.01. The van der Waals surface area contributed by atoms with Crippen LogP contribution in [0.2, 0.25) is 0 Å². The van der Waals surface area contributed by atoms with Gasteiger partial charge in [-0.1, -0.05) is 49.4 Å². The Kier molecular flexibility index (Phi) is 5.16. The van der Waals surface area contributed by atoms with Crippen molar-refractivity contribution in [3.05, 3.63) is 65.2 Å². The Labute approximate surface area is 119 Å². The predicted molar refractivity (Wildman–Crippen MR) is 80.6 cm³/mol. The molecule has 0 aliphatic rings. The molecule has 0 aliphatic heterocycles. The molecule has 2 aromatic rings. The van der Waals surface area contributed by atoms with Gasteiger partial charge < -0.3 is 15.5 Å². The molecule has 0 bridgehead atoms. The van der Waals surface area contributed by atoms with Gasteiger partial charge in [0.2, 0.25) is 0 Å². The lowest BCUT2D eigenvalue weighted by Gasteiger charge is -2.17. The van der Waals surface area contributed by atoms with E-state index in [0.29, 0.717) is 6.54 Å². The second kappa shape index (κ2) is 7.08. The Morgan fingerprint density at radius 2 is 1.75 bits per heavy atom. The van der Waals surface area contributed by atoms with Crippen molar-refractivity contribution in [1.82, 2.24) is 5.32 Å². The third kappa shape index (κ3) is 3.59. The van der Waals surface area contributed by atoms with Crippen molar-refractivity contribution in [2.24, 2.45) is 0 Å². The smallest absolute Gasteiger partial charge is 0.120 e. The standard InChI is InChI=1S/C17H21NO2/c1-2-13-7-9-14(10-8-13)16(12-19)18-11-15-5-3-4-6-17(15)20/h3-10,16,18-20H,2,11-12H2,1H3. The first-order valence-electron chi connectivity index (χ1n) is 6.94. The quantitative estimate of drug-likeness (QED) is 0.757. The summed E-state index contributed by atoms with van der Waals surface area (Å²) in [6.45, 7) is 2.67. The van der Waals surface area contributed by atoms with Gasteiger partial charge in [0, 0.05) is 12.1 Å². The highest BCUT2D eigenvalue weighted by Gasteiger charge is 2.10. The summed E-state index contributed by atoms with van der Waals surface area (Å²) in [5, 5.41) is 22.5. The van der Waals surface area contributed by atoms with Crippen molar-refractivity contribution < 1.29 is 10.2 Å². The summed E-state index contributed by atoms with van der Waals surface area (Å²) in [5.74, 6) is 0.276. The van der Waals surface area contributed by atoms with Crippen LogP contribution < -0.4 is 5.32 Å². The normalized spacial score (nSPS) is 12.3. The number of nitrogens with one attached hydrogen (secondary N) is 1. The largest absolute Gasteiger partial charge is 0.508 e. The van der Waals surface area contributed by atoms with Crippen LogP contribution in [0.4, 0.5) is 0 Å². The van der Waals surface area contributed by atoms with E-state index in [2.05, 4.69) is 24.4 Å². The number of benzene rings is 2.